The molecule has 0 aromatic carbocycles. The zero-order valence-electron chi connectivity index (χ0n) is 8.45. The highest BCUT2D eigenvalue weighted by atomic mass is 16.7. The van der Waals surface area contributed by atoms with E-state index in [0.29, 0.717) is 0 Å². The molecule has 1 aliphatic rings. The number of hydroxylamine groups is 2. The molecule has 0 amide bonds. The fraction of sp³-hybridized carbons (Fsp3) is 0.500. The normalized spacial score (nSPS) is 15.0. The van der Waals surface area contributed by atoms with Crippen molar-refractivity contribution in [1.29, 1.82) is 0 Å². The largest absolute Gasteiger partial charge is 0.386 e. The summed E-state index contributed by atoms with van der Waals surface area (Å²) in [6.07, 6.45) is 2.78. The summed E-state index contributed by atoms with van der Waals surface area (Å²) in [7, 11) is 1.91. The molecule has 3 heteroatoms. The summed E-state index contributed by atoms with van der Waals surface area (Å²) in [5.74, 6) is 0.751. The number of rotatable bonds is 0. The lowest BCUT2D eigenvalue weighted by Gasteiger charge is -2.23. The molecule has 1 aromatic heterocycles. The average Bonchev–Trinajstić information content (AvgIpc) is 2.21. The summed E-state index contributed by atoms with van der Waals surface area (Å²) >= 11 is 0. The molecule has 0 saturated heterocycles. The minimum atomic E-state index is 0.751. The number of nitrogens with zero attached hydrogens (tertiary/aromatic N) is 2. The summed E-state index contributed by atoms with van der Waals surface area (Å²) in [5.41, 5.74) is 1.20. The van der Waals surface area contributed by atoms with Crippen LogP contribution in [-0.2, 0) is 6.42 Å². The fourth-order valence-electron chi connectivity index (χ4n) is 1.17. The molecule has 0 unspecified atom stereocenters. The third kappa shape index (κ3) is 2.42. The van der Waals surface area contributed by atoms with Gasteiger partial charge in [-0.05, 0) is 12.5 Å². The van der Waals surface area contributed by atoms with E-state index in [4.69, 9.17) is 4.84 Å². The number of hydrogen-bond donors (Lipinski definition) is 0. The highest BCUT2D eigenvalue weighted by Crippen LogP contribution is 2.19. The second kappa shape index (κ2) is 4.82. The lowest BCUT2D eigenvalue weighted by atomic mass is 10.2. The smallest absolute Gasteiger partial charge is 0.241 e. The zero-order chi connectivity index (χ0) is 9.68. The van der Waals surface area contributed by atoms with E-state index in [0.717, 1.165) is 18.8 Å². The van der Waals surface area contributed by atoms with E-state index in [-0.39, 0.29) is 0 Å². The van der Waals surface area contributed by atoms with Crippen LogP contribution in [0.2, 0.25) is 0 Å². The number of aromatic nitrogens is 1. The first kappa shape index (κ1) is 9.99. The van der Waals surface area contributed by atoms with Crippen molar-refractivity contribution in [3.05, 3.63) is 23.9 Å². The molecule has 2 rings (SSSR count). The number of likely N-dealkylation sites (N-methyl/N-ethyl adjacent to an activating group) is 1. The Balaban J connectivity index is 0.000000396. The first-order chi connectivity index (χ1) is 6.36. The minimum Gasteiger partial charge on any atom is -0.386 e. The van der Waals surface area contributed by atoms with Crippen LogP contribution in [0.4, 0.5) is 0 Å². The van der Waals surface area contributed by atoms with Gasteiger partial charge in [0.1, 0.15) is 0 Å². The Bertz CT molecular complexity index is 263. The van der Waals surface area contributed by atoms with Gasteiger partial charge in [0.15, 0.2) is 0 Å². The summed E-state index contributed by atoms with van der Waals surface area (Å²) in [4.78, 5) is 9.46. The van der Waals surface area contributed by atoms with Crippen molar-refractivity contribution in [2.45, 2.75) is 20.3 Å². The Morgan fingerprint density at radius 2 is 2.23 bits per heavy atom. The molecule has 3 nitrogen and oxygen atoms in total. The van der Waals surface area contributed by atoms with Gasteiger partial charge in [-0.15, -0.1) is 5.06 Å². The standard InChI is InChI=1S/C8H10N2O.C2H6/c1-10-6-4-7-3-2-5-9-8(7)11-10;1-2/h2-3,5H,4,6H2,1H3;1-2H3. The van der Waals surface area contributed by atoms with Crippen LogP contribution in [0.5, 0.6) is 5.88 Å². The Morgan fingerprint density at radius 3 is 3.00 bits per heavy atom. The van der Waals surface area contributed by atoms with Crippen molar-refractivity contribution < 1.29 is 4.84 Å². The van der Waals surface area contributed by atoms with E-state index in [1.54, 1.807) is 11.3 Å². The summed E-state index contributed by atoms with van der Waals surface area (Å²) < 4.78 is 0. The summed E-state index contributed by atoms with van der Waals surface area (Å²) in [5, 5.41) is 1.80. The van der Waals surface area contributed by atoms with E-state index in [9.17, 15) is 0 Å². The first-order valence-electron chi connectivity index (χ1n) is 4.69. The quantitative estimate of drug-likeness (QED) is 0.609. The van der Waals surface area contributed by atoms with Gasteiger partial charge in [0.2, 0.25) is 5.88 Å². The maximum absolute atomic E-state index is 5.35. The molecule has 0 radical (unpaired) electrons. The maximum Gasteiger partial charge on any atom is 0.241 e. The predicted molar refractivity (Wildman–Crippen MR) is 52.5 cm³/mol. The monoisotopic (exact) mass is 180 g/mol. The lowest BCUT2D eigenvalue weighted by Crippen LogP contribution is -2.30. The van der Waals surface area contributed by atoms with Gasteiger partial charge in [0.25, 0.3) is 0 Å². The summed E-state index contributed by atoms with van der Waals surface area (Å²) in [6, 6.07) is 3.99. The molecule has 1 aliphatic heterocycles. The van der Waals surface area contributed by atoms with Gasteiger partial charge >= 0.3 is 0 Å². The van der Waals surface area contributed by atoms with Crippen LogP contribution in [0, 0.1) is 0 Å². The number of pyridine rings is 1. The lowest BCUT2D eigenvalue weighted by molar-refractivity contribution is -0.0471. The van der Waals surface area contributed by atoms with Crippen LogP contribution >= 0.6 is 0 Å². The molecule has 72 valence electrons. The van der Waals surface area contributed by atoms with Crippen molar-refractivity contribution in [3.8, 4) is 5.88 Å². The van der Waals surface area contributed by atoms with E-state index in [1.165, 1.54) is 5.56 Å². The van der Waals surface area contributed by atoms with Gasteiger partial charge in [-0.3, -0.25) is 0 Å². The van der Waals surface area contributed by atoms with Crippen molar-refractivity contribution >= 4 is 0 Å². The number of hydrogen-bond acceptors (Lipinski definition) is 3. The molecular weight excluding hydrogens is 164 g/mol. The topological polar surface area (TPSA) is 25.4 Å². The van der Waals surface area contributed by atoms with Crippen molar-refractivity contribution in [3.63, 3.8) is 0 Å². The van der Waals surface area contributed by atoms with Crippen LogP contribution in [0.3, 0.4) is 0 Å². The highest BCUT2D eigenvalue weighted by molar-refractivity contribution is 5.26. The van der Waals surface area contributed by atoms with Crippen LogP contribution in [0.25, 0.3) is 0 Å². The molecule has 0 spiro atoms. The molecule has 2 heterocycles. The molecule has 1 aromatic rings. The molecule has 0 saturated carbocycles. The van der Waals surface area contributed by atoms with Crippen molar-refractivity contribution in [2.75, 3.05) is 13.6 Å². The SMILES string of the molecule is CC.CN1CCc2cccnc2O1. The first-order valence-corrected chi connectivity index (χ1v) is 4.69. The molecule has 0 fully saturated rings. The minimum absolute atomic E-state index is 0.751. The number of fused-ring (bicyclic) bond motifs is 1. The molecule has 13 heavy (non-hydrogen) atoms. The Morgan fingerprint density at radius 1 is 1.46 bits per heavy atom. The molecule has 0 aliphatic carbocycles. The van der Waals surface area contributed by atoms with Gasteiger partial charge in [-0.25, -0.2) is 4.98 Å². The van der Waals surface area contributed by atoms with Crippen LogP contribution in [-0.4, -0.2) is 23.6 Å². The molecular formula is C10H16N2O. The van der Waals surface area contributed by atoms with E-state index in [2.05, 4.69) is 11.1 Å². The van der Waals surface area contributed by atoms with Gasteiger partial charge in [-0.1, -0.05) is 19.9 Å². The van der Waals surface area contributed by atoms with Crippen molar-refractivity contribution in [1.82, 2.24) is 10.0 Å². The Kier molecular flexibility index (Phi) is 3.71. The highest BCUT2D eigenvalue weighted by Gasteiger charge is 2.13. The van der Waals surface area contributed by atoms with E-state index >= 15 is 0 Å². The van der Waals surface area contributed by atoms with Crippen LogP contribution < -0.4 is 4.84 Å². The molecule has 0 N–H and O–H groups in total. The fourth-order valence-corrected chi connectivity index (χ4v) is 1.17. The maximum atomic E-state index is 5.35. The third-order valence-corrected chi connectivity index (χ3v) is 1.79. The predicted octanol–water partition coefficient (Wildman–Crippen LogP) is 1.89. The zero-order valence-corrected chi connectivity index (χ0v) is 8.45. The van der Waals surface area contributed by atoms with Crippen LogP contribution in [0.1, 0.15) is 19.4 Å². The van der Waals surface area contributed by atoms with Crippen LogP contribution in [0.15, 0.2) is 18.3 Å². The second-order valence-electron chi connectivity index (χ2n) is 2.66. The van der Waals surface area contributed by atoms with Gasteiger partial charge in [0.05, 0.1) is 0 Å². The Hall–Kier alpha value is -1.09. The molecule has 0 bridgehead atoms. The van der Waals surface area contributed by atoms with Gasteiger partial charge in [0, 0.05) is 25.4 Å². The van der Waals surface area contributed by atoms with Gasteiger partial charge < -0.3 is 4.84 Å². The average molecular weight is 180 g/mol. The molecule has 0 atom stereocenters. The van der Waals surface area contributed by atoms with E-state index in [1.807, 2.05) is 27.0 Å². The third-order valence-electron chi connectivity index (χ3n) is 1.79. The van der Waals surface area contributed by atoms with Gasteiger partial charge in [-0.2, -0.15) is 0 Å². The summed E-state index contributed by atoms with van der Waals surface area (Å²) in [6.45, 7) is 4.94. The Labute approximate surface area is 79.3 Å². The van der Waals surface area contributed by atoms with E-state index < -0.39 is 0 Å². The second-order valence-corrected chi connectivity index (χ2v) is 2.66. The van der Waals surface area contributed by atoms with Crippen molar-refractivity contribution in [2.24, 2.45) is 0 Å².